The molecule has 0 saturated heterocycles. The molecule has 4 nitrogen and oxygen atoms in total. The van der Waals surface area contributed by atoms with Crippen LogP contribution in [-0.4, -0.2) is 19.6 Å². The number of hydrogen-bond donors (Lipinski definition) is 1. The number of benzene rings is 7. The average molecular weight is 883 g/mol. The summed E-state index contributed by atoms with van der Waals surface area (Å²) in [4.78, 5) is 10.4. The highest BCUT2D eigenvalue weighted by Gasteiger charge is 2.25. The van der Waals surface area contributed by atoms with E-state index < -0.39 is 29.5 Å². The third kappa shape index (κ3) is 8.86. The van der Waals surface area contributed by atoms with E-state index in [0.717, 1.165) is 83.7 Å². The first kappa shape index (κ1) is 39.2. The average Bonchev–Trinajstić information content (AvgIpc) is 3.72. The van der Waals surface area contributed by atoms with Gasteiger partial charge in [-0.05, 0) is 151 Å². The summed E-state index contributed by atoms with van der Waals surface area (Å²) >= 11 is 0. The molecule has 0 aliphatic heterocycles. The maximum absolute atomic E-state index is 12.4. The van der Waals surface area contributed by atoms with Gasteiger partial charge in [-0.3, -0.25) is 9.55 Å². The summed E-state index contributed by atoms with van der Waals surface area (Å²) in [5.41, 5.74) is 15.6. The van der Waals surface area contributed by atoms with Crippen LogP contribution in [0.1, 0.15) is 133 Å². The van der Waals surface area contributed by atoms with Crippen LogP contribution in [0, 0.1) is 0 Å². The van der Waals surface area contributed by atoms with Gasteiger partial charge in [0.25, 0.3) is 0 Å². The molecule has 2 heterocycles. The fourth-order valence-electron chi connectivity index (χ4n) is 9.22. The van der Waals surface area contributed by atoms with Crippen molar-refractivity contribution in [3.05, 3.63) is 192 Å². The van der Waals surface area contributed by atoms with Gasteiger partial charge in [-0.25, -0.2) is 4.98 Å². The number of rotatable bonds is 12. The van der Waals surface area contributed by atoms with Crippen molar-refractivity contribution in [2.75, 3.05) is 0 Å². The van der Waals surface area contributed by atoms with Crippen LogP contribution in [0.4, 0.5) is 0 Å². The molecular formula is C63H63N3O. The Bertz CT molecular complexity index is 3440. The Balaban J connectivity index is 1.29. The minimum Gasteiger partial charge on any atom is -0.507 e. The van der Waals surface area contributed by atoms with Crippen molar-refractivity contribution in [1.82, 2.24) is 14.5 Å². The van der Waals surface area contributed by atoms with Crippen molar-refractivity contribution in [1.29, 1.82) is 0 Å². The predicted molar refractivity (Wildman–Crippen MR) is 284 cm³/mol. The molecule has 0 spiro atoms. The van der Waals surface area contributed by atoms with E-state index in [-0.39, 0.29) is 5.75 Å². The molecule has 2 aromatic heterocycles. The molecule has 0 bridgehead atoms. The molecule has 0 atom stereocenters. The molecule has 0 aliphatic carbocycles. The molecule has 7 aromatic carbocycles. The number of aromatic hydroxyl groups is 1. The molecule has 1 N–H and O–H groups in total. The quantitative estimate of drug-likeness (QED) is 0.133. The Morgan fingerprint density at radius 3 is 1.69 bits per heavy atom. The van der Waals surface area contributed by atoms with Crippen LogP contribution in [0.25, 0.3) is 83.9 Å². The molecule has 0 radical (unpaired) electrons. The van der Waals surface area contributed by atoms with Gasteiger partial charge < -0.3 is 5.11 Å². The Morgan fingerprint density at radius 1 is 0.448 bits per heavy atom. The van der Waals surface area contributed by atoms with Crippen molar-refractivity contribution in [3.63, 3.8) is 0 Å². The molecule has 9 rings (SSSR count). The monoisotopic (exact) mass is 883 g/mol. The molecule has 67 heavy (non-hydrogen) atoms. The Labute approximate surface area is 405 Å². The lowest BCUT2D eigenvalue weighted by Crippen LogP contribution is -2.02. The minimum absolute atomic E-state index is 0.0657. The predicted octanol–water partition coefficient (Wildman–Crippen LogP) is 17.7. The van der Waals surface area contributed by atoms with Crippen molar-refractivity contribution in [2.24, 2.45) is 0 Å². The smallest absolute Gasteiger partial charge is 0.149 e. The first-order valence-corrected chi connectivity index (χ1v) is 23.2. The van der Waals surface area contributed by atoms with Crippen LogP contribution in [0.5, 0.6) is 5.75 Å². The topological polar surface area (TPSA) is 50.9 Å². The minimum atomic E-state index is -1.20. The van der Waals surface area contributed by atoms with E-state index >= 15 is 0 Å². The fraction of sp³-hybridized carbons (Fsp3) is 0.238. The normalized spacial score (nSPS) is 13.7. The lowest BCUT2D eigenvalue weighted by molar-refractivity contribution is 0.466. The van der Waals surface area contributed by atoms with Gasteiger partial charge in [-0.1, -0.05) is 172 Å². The Morgan fingerprint density at radius 2 is 1.04 bits per heavy atom. The molecule has 336 valence electrons. The highest BCUT2D eigenvalue weighted by atomic mass is 16.3. The van der Waals surface area contributed by atoms with E-state index in [1.165, 1.54) is 0 Å². The van der Waals surface area contributed by atoms with Gasteiger partial charge in [0.1, 0.15) is 11.6 Å². The van der Waals surface area contributed by atoms with Gasteiger partial charge in [0.05, 0.1) is 22.3 Å². The summed E-state index contributed by atoms with van der Waals surface area (Å²) in [6.45, 7) is 18.4. The third-order valence-corrected chi connectivity index (χ3v) is 12.9. The van der Waals surface area contributed by atoms with Crippen molar-refractivity contribution >= 4 is 11.0 Å². The summed E-state index contributed by atoms with van der Waals surface area (Å²) in [5, 5.41) is 12.4. The van der Waals surface area contributed by atoms with Gasteiger partial charge in [0.15, 0.2) is 0 Å². The van der Waals surface area contributed by atoms with Gasteiger partial charge in [0, 0.05) is 29.9 Å². The highest BCUT2D eigenvalue weighted by molar-refractivity contribution is 5.98. The second-order valence-corrected chi connectivity index (χ2v) is 18.8. The number of nitrogens with zero attached hydrogens (tertiary/aromatic N) is 3. The number of phenols is 1. The number of para-hydroxylation sites is 1. The first-order valence-electron chi connectivity index (χ1n) is 25.7. The number of aromatic nitrogens is 3. The second kappa shape index (κ2) is 18.7. The molecule has 0 unspecified atom stereocenters. The molecule has 0 fully saturated rings. The van der Waals surface area contributed by atoms with E-state index in [2.05, 4.69) is 59.2 Å². The first-order chi connectivity index (χ1) is 33.8. The van der Waals surface area contributed by atoms with Gasteiger partial charge in [-0.15, -0.1) is 0 Å². The van der Waals surface area contributed by atoms with Crippen LogP contribution in [0.3, 0.4) is 0 Å². The van der Waals surface area contributed by atoms with Crippen molar-refractivity contribution in [3.8, 4) is 78.6 Å². The van der Waals surface area contributed by atoms with E-state index in [9.17, 15) is 5.11 Å². The van der Waals surface area contributed by atoms with Crippen LogP contribution >= 0.6 is 0 Å². The van der Waals surface area contributed by atoms with Crippen molar-refractivity contribution in [2.45, 2.75) is 98.7 Å². The second-order valence-electron chi connectivity index (χ2n) is 18.8. The molecule has 9 aromatic rings. The summed E-state index contributed by atoms with van der Waals surface area (Å²) in [6.07, 6.45) is 1.84. The van der Waals surface area contributed by atoms with Crippen molar-refractivity contribution < 1.29 is 12.0 Å². The van der Waals surface area contributed by atoms with E-state index in [1.807, 2.05) is 159 Å². The SMILES string of the molecule is [2H]C(C)(C)c1ccc(-c2ccnc(-c3cc(-c4ccccc4)cc(-c4cccc5c4nc(-c4cc(C([2H])(C)C)cc(C([2H])(C)C)c4O)n5-c4ccc(-c5c(C([2H])(C)C)cccc5C([2H])(C)C)cc4)c3)c2)cc1. The van der Waals surface area contributed by atoms with Crippen LogP contribution < -0.4 is 0 Å². The number of hydrogen-bond acceptors (Lipinski definition) is 3. The maximum Gasteiger partial charge on any atom is 0.149 e. The lowest BCUT2D eigenvalue weighted by atomic mass is 9.85. The largest absolute Gasteiger partial charge is 0.507 e. The molecule has 0 aliphatic rings. The third-order valence-electron chi connectivity index (χ3n) is 12.9. The molecule has 0 amide bonds. The number of pyridine rings is 1. The van der Waals surface area contributed by atoms with Crippen LogP contribution in [0.15, 0.2) is 164 Å². The highest BCUT2D eigenvalue weighted by Crippen LogP contribution is 2.44. The van der Waals surface area contributed by atoms with Gasteiger partial charge in [0.2, 0.25) is 0 Å². The fourth-order valence-corrected chi connectivity index (χ4v) is 9.22. The molecule has 0 saturated carbocycles. The van der Waals surface area contributed by atoms with E-state index in [4.69, 9.17) is 16.8 Å². The number of imidazole rings is 1. The molecular weight excluding hydrogens is 815 g/mol. The van der Waals surface area contributed by atoms with E-state index in [0.29, 0.717) is 28.0 Å². The zero-order valence-corrected chi connectivity index (χ0v) is 40.4. The van der Waals surface area contributed by atoms with Crippen LogP contribution in [-0.2, 0) is 0 Å². The zero-order valence-electron chi connectivity index (χ0n) is 45.4. The summed E-state index contributed by atoms with van der Waals surface area (Å²) < 4.78 is 47.2. The molecule has 4 heteroatoms. The maximum atomic E-state index is 12.4. The summed E-state index contributed by atoms with van der Waals surface area (Å²) in [5.74, 6) is -4.44. The zero-order chi connectivity index (χ0) is 51.7. The Hall–Kier alpha value is -7.04. The van der Waals surface area contributed by atoms with Crippen LogP contribution in [0.2, 0.25) is 0 Å². The number of fused-ring (bicyclic) bond motifs is 1. The summed E-state index contributed by atoms with van der Waals surface area (Å²) in [6, 6.07) is 52.9. The summed E-state index contributed by atoms with van der Waals surface area (Å²) in [7, 11) is 0. The Kier molecular flexibility index (Phi) is 10.9. The van der Waals surface area contributed by atoms with E-state index in [1.54, 1.807) is 19.9 Å². The van der Waals surface area contributed by atoms with Gasteiger partial charge >= 0.3 is 0 Å². The lowest BCUT2D eigenvalue weighted by Gasteiger charge is -2.21. The standard InChI is InChI=1S/C63H63N3O/c1-38(2)43-22-24-45(25-23-43)47-30-31-64-58(37-47)51-33-49(44-16-12-11-13-17-44)32-50(34-51)55-20-15-21-59-61(55)65-63(57-36-48(39(3)4)35-56(42(9)10)62(57)67)66(59)52-28-26-46(27-29-52)60-53(40(5)6)18-14-19-54(60)41(7)8/h11-42,67H,1-10H3/i38D,39D,40D,41D,42D. The number of phenolic OH excluding ortho intramolecular Hbond substituents is 1. The van der Waals surface area contributed by atoms with Gasteiger partial charge in [-0.2, -0.15) is 0 Å².